The molecule has 0 bridgehead atoms. The van der Waals surface area contributed by atoms with Crippen molar-refractivity contribution in [2.45, 2.75) is 40.3 Å². The molecule has 0 unspecified atom stereocenters. The Morgan fingerprint density at radius 3 is 2.80 bits per heavy atom. The van der Waals surface area contributed by atoms with Crippen molar-refractivity contribution in [1.82, 2.24) is 25.4 Å². The summed E-state index contributed by atoms with van der Waals surface area (Å²) in [4.78, 5) is 8.72. The number of rotatable bonds is 8. The zero-order valence-electron chi connectivity index (χ0n) is 15.5. The number of aryl methyl sites for hydroxylation is 3. The third-order valence-corrected chi connectivity index (χ3v) is 3.71. The van der Waals surface area contributed by atoms with Crippen LogP contribution in [-0.4, -0.2) is 40.9 Å². The van der Waals surface area contributed by atoms with Gasteiger partial charge in [-0.15, -0.1) is 0 Å². The second kappa shape index (κ2) is 9.66. The van der Waals surface area contributed by atoms with Gasteiger partial charge in [-0.2, -0.15) is 5.10 Å². The van der Waals surface area contributed by atoms with E-state index < -0.39 is 0 Å². The van der Waals surface area contributed by atoms with Crippen LogP contribution in [0.5, 0.6) is 5.88 Å². The van der Waals surface area contributed by atoms with Crippen LogP contribution in [0.15, 0.2) is 29.4 Å². The molecule has 0 saturated carbocycles. The highest BCUT2D eigenvalue weighted by Gasteiger charge is 2.02. The predicted octanol–water partition coefficient (Wildman–Crippen LogP) is 2.05. The molecule has 0 fully saturated rings. The quantitative estimate of drug-likeness (QED) is 0.435. The molecule has 2 aromatic heterocycles. The highest BCUT2D eigenvalue weighted by molar-refractivity contribution is 5.79. The largest absolute Gasteiger partial charge is 0.481 e. The topological polar surface area (TPSA) is 76.4 Å². The van der Waals surface area contributed by atoms with E-state index in [1.165, 1.54) is 5.69 Å². The first-order valence-electron chi connectivity index (χ1n) is 8.64. The van der Waals surface area contributed by atoms with Crippen LogP contribution < -0.4 is 15.4 Å². The smallest absolute Gasteiger partial charge is 0.213 e. The average molecular weight is 344 g/mol. The van der Waals surface area contributed by atoms with Crippen LogP contribution in [0.25, 0.3) is 0 Å². The highest BCUT2D eigenvalue weighted by Crippen LogP contribution is 2.09. The summed E-state index contributed by atoms with van der Waals surface area (Å²) in [6.45, 7) is 9.29. The van der Waals surface area contributed by atoms with E-state index in [1.807, 2.05) is 23.7 Å². The molecule has 0 aliphatic heterocycles. The number of aromatic nitrogens is 3. The van der Waals surface area contributed by atoms with Crippen molar-refractivity contribution in [1.29, 1.82) is 0 Å². The van der Waals surface area contributed by atoms with Gasteiger partial charge >= 0.3 is 0 Å². The van der Waals surface area contributed by atoms with E-state index in [2.05, 4.69) is 45.6 Å². The van der Waals surface area contributed by atoms with E-state index >= 15 is 0 Å². The van der Waals surface area contributed by atoms with Crippen LogP contribution in [0.3, 0.4) is 0 Å². The first-order chi connectivity index (χ1) is 12.1. The highest BCUT2D eigenvalue weighted by atomic mass is 16.5. The van der Waals surface area contributed by atoms with Crippen molar-refractivity contribution in [2.24, 2.45) is 4.99 Å². The number of nitrogens with zero attached hydrogens (tertiary/aromatic N) is 4. The predicted molar refractivity (Wildman–Crippen MR) is 99.9 cm³/mol. The van der Waals surface area contributed by atoms with Crippen molar-refractivity contribution in [3.8, 4) is 5.88 Å². The third-order valence-electron chi connectivity index (χ3n) is 3.71. The number of nitrogens with one attached hydrogen (secondary N) is 2. The van der Waals surface area contributed by atoms with E-state index in [0.29, 0.717) is 12.4 Å². The SMILES string of the molecule is CCNC(=NCc1ccnc(OC)c1)NCCCn1nc(C)cc1C. The molecule has 0 amide bonds. The van der Waals surface area contributed by atoms with Gasteiger partial charge in [-0.1, -0.05) is 0 Å². The molecule has 0 aromatic carbocycles. The summed E-state index contributed by atoms with van der Waals surface area (Å²) in [6.07, 6.45) is 2.72. The minimum atomic E-state index is 0.575. The van der Waals surface area contributed by atoms with Crippen LogP contribution in [-0.2, 0) is 13.1 Å². The molecule has 2 aromatic rings. The van der Waals surface area contributed by atoms with Gasteiger partial charge in [-0.05, 0) is 44.9 Å². The molecular formula is C18H28N6O. The lowest BCUT2D eigenvalue weighted by Crippen LogP contribution is -2.38. The summed E-state index contributed by atoms with van der Waals surface area (Å²) < 4.78 is 7.19. The van der Waals surface area contributed by atoms with Crippen molar-refractivity contribution in [3.63, 3.8) is 0 Å². The van der Waals surface area contributed by atoms with Crippen LogP contribution in [0.2, 0.25) is 0 Å². The summed E-state index contributed by atoms with van der Waals surface area (Å²) in [5.74, 6) is 1.42. The van der Waals surface area contributed by atoms with Gasteiger partial charge in [0.2, 0.25) is 5.88 Å². The Labute approximate surface area is 149 Å². The van der Waals surface area contributed by atoms with E-state index in [0.717, 1.165) is 43.3 Å². The van der Waals surface area contributed by atoms with Crippen LogP contribution in [0.1, 0.15) is 30.3 Å². The molecule has 136 valence electrons. The summed E-state index contributed by atoms with van der Waals surface area (Å²) in [5, 5.41) is 11.1. The monoisotopic (exact) mass is 344 g/mol. The van der Waals surface area contributed by atoms with Crippen molar-refractivity contribution in [2.75, 3.05) is 20.2 Å². The maximum absolute atomic E-state index is 5.14. The molecule has 0 atom stereocenters. The van der Waals surface area contributed by atoms with Crippen LogP contribution >= 0.6 is 0 Å². The van der Waals surface area contributed by atoms with Gasteiger partial charge in [0.25, 0.3) is 0 Å². The van der Waals surface area contributed by atoms with Gasteiger partial charge in [0.1, 0.15) is 0 Å². The molecule has 2 heterocycles. The first-order valence-corrected chi connectivity index (χ1v) is 8.64. The van der Waals surface area contributed by atoms with Gasteiger partial charge in [-0.3, -0.25) is 4.68 Å². The minimum Gasteiger partial charge on any atom is -0.481 e. The van der Waals surface area contributed by atoms with Crippen LogP contribution in [0, 0.1) is 13.8 Å². The molecular weight excluding hydrogens is 316 g/mol. The number of guanidine groups is 1. The molecule has 7 heteroatoms. The third kappa shape index (κ3) is 6.10. The lowest BCUT2D eigenvalue weighted by atomic mass is 10.3. The lowest BCUT2D eigenvalue weighted by Gasteiger charge is -2.12. The number of ether oxygens (including phenoxy) is 1. The van der Waals surface area contributed by atoms with E-state index in [1.54, 1.807) is 13.3 Å². The fraction of sp³-hybridized carbons (Fsp3) is 0.500. The molecule has 0 aliphatic rings. The Hall–Kier alpha value is -2.57. The van der Waals surface area contributed by atoms with Gasteiger partial charge < -0.3 is 15.4 Å². The fourth-order valence-corrected chi connectivity index (χ4v) is 2.51. The Morgan fingerprint density at radius 2 is 2.12 bits per heavy atom. The zero-order chi connectivity index (χ0) is 18.1. The summed E-state index contributed by atoms with van der Waals surface area (Å²) >= 11 is 0. The van der Waals surface area contributed by atoms with Crippen molar-refractivity contribution in [3.05, 3.63) is 41.3 Å². The fourth-order valence-electron chi connectivity index (χ4n) is 2.51. The maximum Gasteiger partial charge on any atom is 0.213 e. The van der Waals surface area contributed by atoms with E-state index in [-0.39, 0.29) is 0 Å². The summed E-state index contributed by atoms with van der Waals surface area (Å²) in [5.41, 5.74) is 3.32. The van der Waals surface area contributed by atoms with E-state index in [9.17, 15) is 0 Å². The van der Waals surface area contributed by atoms with Gasteiger partial charge in [-0.25, -0.2) is 9.98 Å². The van der Waals surface area contributed by atoms with Crippen LogP contribution in [0.4, 0.5) is 0 Å². The summed E-state index contributed by atoms with van der Waals surface area (Å²) in [6, 6.07) is 5.94. The number of methoxy groups -OCH3 is 1. The van der Waals surface area contributed by atoms with Gasteiger partial charge in [0.05, 0.1) is 19.3 Å². The second-order valence-electron chi connectivity index (χ2n) is 5.83. The normalized spacial score (nSPS) is 11.4. The minimum absolute atomic E-state index is 0.575. The molecule has 0 aliphatic carbocycles. The van der Waals surface area contributed by atoms with E-state index in [4.69, 9.17) is 4.74 Å². The van der Waals surface area contributed by atoms with Gasteiger partial charge in [0.15, 0.2) is 5.96 Å². The molecule has 25 heavy (non-hydrogen) atoms. The summed E-state index contributed by atoms with van der Waals surface area (Å²) in [7, 11) is 1.61. The second-order valence-corrected chi connectivity index (χ2v) is 5.83. The zero-order valence-corrected chi connectivity index (χ0v) is 15.5. The molecule has 0 radical (unpaired) electrons. The van der Waals surface area contributed by atoms with Gasteiger partial charge in [0, 0.05) is 37.6 Å². The Morgan fingerprint density at radius 1 is 1.28 bits per heavy atom. The van der Waals surface area contributed by atoms with Crippen molar-refractivity contribution >= 4 is 5.96 Å². The number of hydrogen-bond donors (Lipinski definition) is 2. The number of aliphatic imine (C=N–C) groups is 1. The molecule has 2 rings (SSSR count). The Kier molecular flexibility index (Phi) is 7.25. The number of pyridine rings is 1. The first kappa shape index (κ1) is 18.8. The lowest BCUT2D eigenvalue weighted by molar-refractivity contribution is 0.397. The maximum atomic E-state index is 5.14. The molecule has 0 saturated heterocycles. The standard InChI is InChI=1S/C18H28N6O/c1-5-19-18(22-13-16-7-9-20-17(12-16)25-4)21-8-6-10-24-15(3)11-14(2)23-24/h7,9,11-12H,5-6,8,10,13H2,1-4H3,(H2,19,21,22). The Bertz CT molecular complexity index is 695. The van der Waals surface area contributed by atoms with Crippen molar-refractivity contribution < 1.29 is 4.74 Å². The Balaban J connectivity index is 1.83. The number of hydrogen-bond acceptors (Lipinski definition) is 4. The molecule has 7 nitrogen and oxygen atoms in total. The molecule has 2 N–H and O–H groups in total. The average Bonchev–Trinajstić information content (AvgIpc) is 2.94. The molecule has 0 spiro atoms.